The number of hydrogen-bond acceptors (Lipinski definition) is 3. The molecule has 1 aliphatic heterocycles. The van der Waals surface area contributed by atoms with E-state index >= 15 is 0 Å². The smallest absolute Gasteiger partial charge is 0.167 e. The largest absolute Gasteiger partial charge is 0.392 e. The van der Waals surface area contributed by atoms with Crippen LogP contribution in [-0.4, -0.2) is 23.5 Å². The highest BCUT2D eigenvalue weighted by molar-refractivity contribution is 6.01. The maximum Gasteiger partial charge on any atom is 0.167 e. The van der Waals surface area contributed by atoms with E-state index in [1.165, 1.54) is 12.1 Å². The topological polar surface area (TPSA) is 41.8 Å². The molecule has 0 saturated heterocycles. The summed E-state index contributed by atoms with van der Waals surface area (Å²) in [5.74, 6) is -1.85. The second-order valence-corrected chi connectivity index (χ2v) is 3.25. The predicted octanol–water partition coefficient (Wildman–Crippen LogP) is 1.45. The Balaban J connectivity index is 2.28. The monoisotopic (exact) mass is 213 g/mol. The van der Waals surface area contributed by atoms with Crippen LogP contribution in [0, 0.1) is 11.6 Å². The lowest BCUT2D eigenvalue weighted by molar-refractivity contribution is 0.0390. The van der Waals surface area contributed by atoms with Gasteiger partial charge >= 0.3 is 0 Å². The second kappa shape index (κ2) is 3.94. The van der Waals surface area contributed by atoms with Crippen LogP contribution in [0.25, 0.3) is 0 Å². The van der Waals surface area contributed by atoms with Gasteiger partial charge in [0.25, 0.3) is 0 Å². The van der Waals surface area contributed by atoms with E-state index in [4.69, 9.17) is 9.94 Å². The summed E-state index contributed by atoms with van der Waals surface area (Å²) in [7, 11) is 0. The average molecular weight is 213 g/mol. The summed E-state index contributed by atoms with van der Waals surface area (Å²) < 4.78 is 26.2. The Labute approximate surface area is 85.0 Å². The third-order valence-corrected chi connectivity index (χ3v) is 2.20. The highest BCUT2D eigenvalue weighted by atomic mass is 19.2. The fourth-order valence-electron chi connectivity index (χ4n) is 1.41. The normalized spacial score (nSPS) is 19.9. The molecular formula is C10H9F2NO2. The van der Waals surface area contributed by atoms with Crippen molar-refractivity contribution in [2.75, 3.05) is 6.61 Å². The zero-order chi connectivity index (χ0) is 10.8. The zero-order valence-electron chi connectivity index (χ0n) is 7.78. The Kier molecular flexibility index (Phi) is 2.64. The first kappa shape index (κ1) is 10.0. The average Bonchev–Trinajstić information content (AvgIpc) is 2.70. The minimum atomic E-state index is -0.932. The van der Waals surface area contributed by atoms with Crippen molar-refractivity contribution in [3.05, 3.63) is 35.4 Å². The number of halogens is 2. The third-order valence-electron chi connectivity index (χ3n) is 2.20. The third kappa shape index (κ3) is 1.83. The molecule has 1 heterocycles. The zero-order valence-corrected chi connectivity index (χ0v) is 7.78. The fraction of sp³-hybridized carbons (Fsp3) is 0.300. The molecule has 1 aromatic carbocycles. The lowest BCUT2D eigenvalue weighted by Crippen LogP contribution is -2.13. The van der Waals surface area contributed by atoms with Crippen LogP contribution in [0.5, 0.6) is 0 Å². The van der Waals surface area contributed by atoms with Gasteiger partial charge in [0.15, 0.2) is 17.7 Å². The fourth-order valence-corrected chi connectivity index (χ4v) is 1.41. The number of aliphatic hydroxyl groups excluding tert-OH is 1. The van der Waals surface area contributed by atoms with Gasteiger partial charge in [0, 0.05) is 12.0 Å². The number of rotatable bonds is 2. The predicted molar refractivity (Wildman–Crippen MR) is 49.5 cm³/mol. The molecule has 0 radical (unpaired) electrons. The summed E-state index contributed by atoms with van der Waals surface area (Å²) in [4.78, 5) is 4.81. The molecule has 0 fully saturated rings. The van der Waals surface area contributed by atoms with Crippen molar-refractivity contribution in [3.63, 3.8) is 0 Å². The van der Waals surface area contributed by atoms with Crippen LogP contribution in [-0.2, 0) is 4.84 Å². The summed E-state index contributed by atoms with van der Waals surface area (Å²) >= 11 is 0. The van der Waals surface area contributed by atoms with Crippen LogP contribution < -0.4 is 0 Å². The van der Waals surface area contributed by atoms with Crippen molar-refractivity contribution in [2.24, 2.45) is 5.16 Å². The molecule has 0 aliphatic carbocycles. The van der Waals surface area contributed by atoms with Crippen LogP contribution in [0.1, 0.15) is 12.0 Å². The molecule has 1 unspecified atom stereocenters. The lowest BCUT2D eigenvalue weighted by atomic mass is 10.0. The van der Waals surface area contributed by atoms with Gasteiger partial charge in [-0.25, -0.2) is 8.78 Å². The van der Waals surface area contributed by atoms with E-state index in [0.29, 0.717) is 5.71 Å². The second-order valence-electron chi connectivity index (χ2n) is 3.25. The van der Waals surface area contributed by atoms with Crippen LogP contribution in [0.15, 0.2) is 23.4 Å². The van der Waals surface area contributed by atoms with E-state index in [-0.39, 0.29) is 18.6 Å². The van der Waals surface area contributed by atoms with E-state index in [1.54, 1.807) is 0 Å². The van der Waals surface area contributed by atoms with Gasteiger partial charge < -0.3 is 9.94 Å². The van der Waals surface area contributed by atoms with Gasteiger partial charge in [-0.2, -0.15) is 0 Å². The molecule has 0 amide bonds. The molecule has 1 N–H and O–H groups in total. The first-order valence-corrected chi connectivity index (χ1v) is 4.50. The van der Waals surface area contributed by atoms with Crippen molar-refractivity contribution in [1.29, 1.82) is 0 Å². The summed E-state index contributed by atoms with van der Waals surface area (Å²) in [6, 6.07) is 3.88. The number of oxime groups is 1. The van der Waals surface area contributed by atoms with Gasteiger partial charge in [-0.05, 0) is 12.1 Å². The summed E-state index contributed by atoms with van der Waals surface area (Å²) in [5, 5.41) is 12.4. The Hall–Kier alpha value is -1.49. The molecule has 3 nitrogen and oxygen atoms in total. The molecule has 1 aromatic rings. The molecule has 1 atom stereocenters. The highest BCUT2D eigenvalue weighted by Crippen LogP contribution is 2.20. The van der Waals surface area contributed by atoms with Crippen LogP contribution in [0.4, 0.5) is 8.78 Å². The van der Waals surface area contributed by atoms with Crippen LogP contribution >= 0.6 is 0 Å². The van der Waals surface area contributed by atoms with Gasteiger partial charge in [-0.3, -0.25) is 0 Å². The van der Waals surface area contributed by atoms with Crippen molar-refractivity contribution in [2.45, 2.75) is 12.5 Å². The summed E-state index contributed by atoms with van der Waals surface area (Å²) in [5.41, 5.74) is 0.414. The Morgan fingerprint density at radius 1 is 1.47 bits per heavy atom. The van der Waals surface area contributed by atoms with Crippen molar-refractivity contribution in [1.82, 2.24) is 0 Å². The molecule has 0 saturated carbocycles. The number of benzene rings is 1. The van der Waals surface area contributed by atoms with E-state index in [0.717, 1.165) is 6.07 Å². The SMILES string of the molecule is OCC1CC(c2cccc(F)c2F)=NO1. The van der Waals surface area contributed by atoms with E-state index in [2.05, 4.69) is 5.16 Å². The van der Waals surface area contributed by atoms with Crippen molar-refractivity contribution in [3.8, 4) is 0 Å². The molecule has 80 valence electrons. The van der Waals surface area contributed by atoms with Gasteiger partial charge in [0.05, 0.1) is 12.3 Å². The lowest BCUT2D eigenvalue weighted by Gasteiger charge is -2.02. The maximum atomic E-state index is 13.3. The molecule has 2 rings (SSSR count). The van der Waals surface area contributed by atoms with Crippen LogP contribution in [0.2, 0.25) is 0 Å². The minimum Gasteiger partial charge on any atom is -0.392 e. The van der Waals surface area contributed by atoms with E-state index < -0.39 is 17.7 Å². The van der Waals surface area contributed by atoms with Gasteiger partial charge in [0.1, 0.15) is 0 Å². The van der Waals surface area contributed by atoms with Gasteiger partial charge in [-0.1, -0.05) is 11.2 Å². The maximum absolute atomic E-state index is 13.3. The Morgan fingerprint density at radius 3 is 2.93 bits per heavy atom. The van der Waals surface area contributed by atoms with Crippen molar-refractivity contribution < 1.29 is 18.7 Å². The number of hydrogen-bond donors (Lipinski definition) is 1. The molecule has 5 heteroatoms. The molecule has 0 spiro atoms. The summed E-state index contributed by atoms with van der Waals surface area (Å²) in [6.45, 7) is -0.191. The highest BCUT2D eigenvalue weighted by Gasteiger charge is 2.24. The van der Waals surface area contributed by atoms with Crippen LogP contribution in [0.3, 0.4) is 0 Å². The minimum absolute atomic E-state index is 0.0888. The van der Waals surface area contributed by atoms with E-state index in [1.807, 2.05) is 0 Å². The Bertz CT molecular complexity index is 406. The van der Waals surface area contributed by atoms with Gasteiger partial charge in [0.2, 0.25) is 0 Å². The van der Waals surface area contributed by atoms with Gasteiger partial charge in [-0.15, -0.1) is 0 Å². The molecule has 0 aromatic heterocycles. The molecule has 15 heavy (non-hydrogen) atoms. The number of aliphatic hydroxyl groups is 1. The van der Waals surface area contributed by atoms with Crippen molar-refractivity contribution >= 4 is 5.71 Å². The first-order valence-electron chi connectivity index (χ1n) is 4.50. The standard InChI is InChI=1S/C10H9F2NO2/c11-8-3-1-2-7(10(8)12)9-4-6(5-14)15-13-9/h1-3,6,14H,4-5H2. The molecule has 1 aliphatic rings. The van der Waals surface area contributed by atoms with E-state index in [9.17, 15) is 8.78 Å². The quantitative estimate of drug-likeness (QED) is 0.807. The summed E-state index contributed by atoms with van der Waals surface area (Å²) in [6.07, 6.45) is -0.167. The first-order chi connectivity index (χ1) is 7.22. The number of nitrogens with zero attached hydrogens (tertiary/aromatic N) is 1. The molecular weight excluding hydrogens is 204 g/mol. The Morgan fingerprint density at radius 2 is 2.27 bits per heavy atom. The molecule has 0 bridgehead atoms.